The number of benzene rings is 2. The largest absolute Gasteiger partial charge is 0.384 e. The molecule has 3 aromatic rings. The normalized spacial score (nSPS) is 12.6. The van der Waals surface area contributed by atoms with Gasteiger partial charge in [0.2, 0.25) is 0 Å². The molecule has 20 heavy (non-hydrogen) atoms. The van der Waals surface area contributed by atoms with E-state index in [0.717, 1.165) is 23.0 Å². The van der Waals surface area contributed by atoms with E-state index in [0.29, 0.717) is 11.1 Å². The lowest BCUT2D eigenvalue weighted by molar-refractivity contribution is 0.221. The minimum Gasteiger partial charge on any atom is -0.384 e. The van der Waals surface area contributed by atoms with Crippen LogP contribution < -0.4 is 0 Å². The Bertz CT molecular complexity index is 768. The van der Waals surface area contributed by atoms with Crippen molar-refractivity contribution < 1.29 is 13.9 Å². The molecule has 0 radical (unpaired) electrons. The van der Waals surface area contributed by atoms with Gasteiger partial charge >= 0.3 is 0 Å². The van der Waals surface area contributed by atoms with Crippen molar-refractivity contribution in [2.45, 2.75) is 6.10 Å². The number of nitrogens with zero attached hydrogens (tertiary/aromatic N) is 1. The fourth-order valence-electron chi connectivity index (χ4n) is 2.22. The van der Waals surface area contributed by atoms with Crippen LogP contribution in [0.5, 0.6) is 0 Å². The van der Waals surface area contributed by atoms with Gasteiger partial charge in [-0.25, -0.2) is 8.78 Å². The van der Waals surface area contributed by atoms with Crippen molar-refractivity contribution >= 4 is 10.9 Å². The summed E-state index contributed by atoms with van der Waals surface area (Å²) >= 11 is 0. The molecule has 1 aromatic heterocycles. The molecule has 1 N–H and O–H groups in total. The third-order valence-corrected chi connectivity index (χ3v) is 3.24. The number of halogens is 2. The standard InChI is InChI=1S/C16H11F2NO/c17-13-6-5-10(9-14(13)18)16(20)12-7-8-19-15-4-2-1-3-11(12)15/h1-9,16,20H. The van der Waals surface area contributed by atoms with Crippen LogP contribution in [0, 0.1) is 11.6 Å². The molecular weight excluding hydrogens is 260 g/mol. The topological polar surface area (TPSA) is 33.1 Å². The van der Waals surface area contributed by atoms with Crippen LogP contribution in [0.1, 0.15) is 17.2 Å². The molecule has 0 aliphatic heterocycles. The predicted molar refractivity (Wildman–Crippen MR) is 72.2 cm³/mol. The van der Waals surface area contributed by atoms with Crippen molar-refractivity contribution in [1.82, 2.24) is 4.98 Å². The number of rotatable bonds is 2. The van der Waals surface area contributed by atoms with Gasteiger partial charge < -0.3 is 5.11 Å². The molecule has 0 spiro atoms. The van der Waals surface area contributed by atoms with E-state index in [2.05, 4.69) is 4.98 Å². The van der Waals surface area contributed by atoms with E-state index in [1.165, 1.54) is 6.07 Å². The fourth-order valence-corrected chi connectivity index (χ4v) is 2.22. The van der Waals surface area contributed by atoms with E-state index in [9.17, 15) is 13.9 Å². The smallest absolute Gasteiger partial charge is 0.159 e. The number of fused-ring (bicyclic) bond motifs is 1. The molecule has 3 rings (SSSR count). The van der Waals surface area contributed by atoms with Gasteiger partial charge in [-0.15, -0.1) is 0 Å². The average molecular weight is 271 g/mol. The maximum absolute atomic E-state index is 13.3. The lowest BCUT2D eigenvalue weighted by atomic mass is 9.98. The minimum atomic E-state index is -1.03. The predicted octanol–water partition coefficient (Wildman–Crippen LogP) is 3.59. The third kappa shape index (κ3) is 2.14. The van der Waals surface area contributed by atoms with Crippen LogP contribution in [-0.2, 0) is 0 Å². The van der Waals surface area contributed by atoms with Gasteiger partial charge in [-0.1, -0.05) is 24.3 Å². The second-order valence-electron chi connectivity index (χ2n) is 4.49. The zero-order valence-electron chi connectivity index (χ0n) is 10.4. The van der Waals surface area contributed by atoms with E-state index in [-0.39, 0.29) is 0 Å². The van der Waals surface area contributed by atoms with Crippen molar-refractivity contribution in [3.05, 3.63) is 77.5 Å². The van der Waals surface area contributed by atoms with Crippen molar-refractivity contribution in [2.24, 2.45) is 0 Å². The Morgan fingerprint density at radius 3 is 2.55 bits per heavy atom. The molecule has 100 valence electrons. The van der Waals surface area contributed by atoms with Gasteiger partial charge in [0, 0.05) is 11.6 Å². The van der Waals surface area contributed by atoms with Gasteiger partial charge in [-0.2, -0.15) is 0 Å². The van der Waals surface area contributed by atoms with Gasteiger partial charge in [0.05, 0.1) is 5.52 Å². The van der Waals surface area contributed by atoms with Crippen LogP contribution in [-0.4, -0.2) is 10.1 Å². The van der Waals surface area contributed by atoms with Crippen LogP contribution in [0.15, 0.2) is 54.7 Å². The van der Waals surface area contributed by atoms with Crippen LogP contribution in [0.3, 0.4) is 0 Å². The summed E-state index contributed by atoms with van der Waals surface area (Å²) in [5.41, 5.74) is 1.66. The Kier molecular flexibility index (Phi) is 3.16. The number of hydrogen-bond donors (Lipinski definition) is 1. The molecule has 0 aliphatic carbocycles. The van der Waals surface area contributed by atoms with Gasteiger partial charge in [0.25, 0.3) is 0 Å². The van der Waals surface area contributed by atoms with Crippen molar-refractivity contribution in [2.75, 3.05) is 0 Å². The summed E-state index contributed by atoms with van der Waals surface area (Å²) in [5.74, 6) is -1.90. The summed E-state index contributed by atoms with van der Waals surface area (Å²) in [6, 6.07) is 12.4. The number of aliphatic hydroxyl groups is 1. The van der Waals surface area contributed by atoms with E-state index < -0.39 is 17.7 Å². The third-order valence-electron chi connectivity index (χ3n) is 3.24. The monoisotopic (exact) mass is 271 g/mol. The highest BCUT2D eigenvalue weighted by Crippen LogP contribution is 2.28. The molecule has 0 saturated heterocycles. The molecule has 1 unspecified atom stereocenters. The second-order valence-corrected chi connectivity index (χ2v) is 4.49. The summed E-state index contributed by atoms with van der Waals surface area (Å²) < 4.78 is 26.2. The van der Waals surface area contributed by atoms with E-state index in [4.69, 9.17) is 0 Å². The van der Waals surface area contributed by atoms with Crippen LogP contribution in [0.2, 0.25) is 0 Å². The highest BCUT2D eigenvalue weighted by atomic mass is 19.2. The molecule has 0 fully saturated rings. The molecule has 0 aliphatic rings. The molecule has 1 atom stereocenters. The number of pyridine rings is 1. The Morgan fingerprint density at radius 2 is 1.75 bits per heavy atom. The lowest BCUT2D eigenvalue weighted by Crippen LogP contribution is -2.02. The minimum absolute atomic E-state index is 0.306. The lowest BCUT2D eigenvalue weighted by Gasteiger charge is -2.14. The summed E-state index contributed by atoms with van der Waals surface area (Å²) in [4.78, 5) is 4.20. The zero-order chi connectivity index (χ0) is 14.1. The van der Waals surface area contributed by atoms with Crippen molar-refractivity contribution in [3.63, 3.8) is 0 Å². The Balaban J connectivity index is 2.12. The highest BCUT2D eigenvalue weighted by Gasteiger charge is 2.15. The van der Waals surface area contributed by atoms with Crippen LogP contribution >= 0.6 is 0 Å². The summed E-state index contributed by atoms with van der Waals surface area (Å²) in [6.45, 7) is 0. The second kappa shape index (κ2) is 4.98. The van der Waals surface area contributed by atoms with Crippen LogP contribution in [0.4, 0.5) is 8.78 Å². The van der Waals surface area contributed by atoms with Gasteiger partial charge in [0.1, 0.15) is 6.10 Å². The van der Waals surface area contributed by atoms with Gasteiger partial charge in [0.15, 0.2) is 11.6 Å². The molecular formula is C16H11F2NO. The van der Waals surface area contributed by atoms with Crippen molar-refractivity contribution in [3.8, 4) is 0 Å². The SMILES string of the molecule is OC(c1ccc(F)c(F)c1)c1ccnc2ccccc12. The van der Waals surface area contributed by atoms with E-state index in [1.807, 2.05) is 24.3 Å². The first-order valence-corrected chi connectivity index (χ1v) is 6.13. The van der Waals surface area contributed by atoms with Crippen LogP contribution in [0.25, 0.3) is 10.9 Å². The highest BCUT2D eigenvalue weighted by molar-refractivity contribution is 5.82. The summed E-state index contributed by atoms with van der Waals surface area (Å²) in [5, 5.41) is 11.2. The maximum atomic E-state index is 13.3. The first kappa shape index (κ1) is 12.7. The van der Waals surface area contributed by atoms with E-state index in [1.54, 1.807) is 12.3 Å². The quantitative estimate of drug-likeness (QED) is 0.772. The molecule has 1 heterocycles. The number of aliphatic hydroxyl groups excluding tert-OH is 1. The summed E-state index contributed by atoms with van der Waals surface area (Å²) in [6.07, 6.45) is 0.554. The Hall–Kier alpha value is -2.33. The Morgan fingerprint density at radius 1 is 0.950 bits per heavy atom. The Labute approximate surface area is 114 Å². The molecule has 2 aromatic carbocycles. The van der Waals surface area contributed by atoms with Gasteiger partial charge in [-0.3, -0.25) is 4.98 Å². The zero-order valence-corrected chi connectivity index (χ0v) is 10.4. The van der Waals surface area contributed by atoms with E-state index >= 15 is 0 Å². The maximum Gasteiger partial charge on any atom is 0.159 e. The first-order valence-electron chi connectivity index (χ1n) is 6.13. The molecule has 0 bridgehead atoms. The molecule has 0 amide bonds. The number of aromatic nitrogens is 1. The van der Waals surface area contributed by atoms with Crippen molar-refractivity contribution in [1.29, 1.82) is 0 Å². The first-order chi connectivity index (χ1) is 9.66. The summed E-state index contributed by atoms with van der Waals surface area (Å²) in [7, 11) is 0. The molecule has 4 heteroatoms. The van der Waals surface area contributed by atoms with Gasteiger partial charge in [-0.05, 0) is 35.4 Å². The fraction of sp³-hybridized carbons (Fsp3) is 0.0625. The average Bonchev–Trinajstić information content (AvgIpc) is 2.49. The molecule has 0 saturated carbocycles. The number of hydrogen-bond acceptors (Lipinski definition) is 2. The molecule has 2 nitrogen and oxygen atoms in total. The number of para-hydroxylation sites is 1.